The van der Waals surface area contributed by atoms with Crippen molar-refractivity contribution in [3.8, 4) is 0 Å². The molecule has 1 aromatic carbocycles. The molecule has 1 saturated carbocycles. The molecule has 0 bridgehead atoms. The predicted octanol–water partition coefficient (Wildman–Crippen LogP) is 2.21. The summed E-state index contributed by atoms with van der Waals surface area (Å²) in [6, 6.07) is 5.55. The van der Waals surface area contributed by atoms with Gasteiger partial charge in [-0.2, -0.15) is 0 Å². The van der Waals surface area contributed by atoms with Crippen LogP contribution in [0.2, 0.25) is 0 Å². The van der Waals surface area contributed by atoms with Crippen LogP contribution in [0.3, 0.4) is 0 Å². The molecule has 1 aromatic rings. The molecular formula is C15H20ClN3O2. The molecule has 1 fully saturated rings. The molecule has 5 nitrogen and oxygen atoms in total. The van der Waals surface area contributed by atoms with Crippen molar-refractivity contribution in [2.45, 2.75) is 31.2 Å². The highest BCUT2D eigenvalue weighted by molar-refractivity contribution is 6.32. The second kappa shape index (κ2) is 6.35. The van der Waals surface area contributed by atoms with Gasteiger partial charge < -0.3 is 15.5 Å². The molecule has 2 N–H and O–H groups in total. The number of halogens is 1. The minimum atomic E-state index is -0.623. The van der Waals surface area contributed by atoms with Gasteiger partial charge in [-0.25, -0.2) is 0 Å². The Balaban J connectivity index is 2.24. The van der Waals surface area contributed by atoms with E-state index in [0.29, 0.717) is 11.3 Å². The number of benzene rings is 1. The van der Waals surface area contributed by atoms with Crippen LogP contribution in [0.25, 0.3) is 0 Å². The average Bonchev–Trinajstić information content (AvgIpc) is 3.22. The SMILES string of the molecule is CC(Cl)C(=O)Nc1ccc(N(C)C)c(C(=O)NC2CC2)c1. The van der Waals surface area contributed by atoms with E-state index in [1.807, 2.05) is 25.1 Å². The van der Waals surface area contributed by atoms with Gasteiger partial charge in [-0.3, -0.25) is 9.59 Å². The second-order valence-corrected chi connectivity index (χ2v) is 6.13. The summed E-state index contributed by atoms with van der Waals surface area (Å²) >= 11 is 5.74. The molecule has 0 aromatic heterocycles. The molecule has 2 rings (SSSR count). The van der Waals surface area contributed by atoms with Crippen molar-refractivity contribution in [3.05, 3.63) is 23.8 Å². The van der Waals surface area contributed by atoms with E-state index in [1.54, 1.807) is 19.1 Å². The Hall–Kier alpha value is -1.75. The minimum Gasteiger partial charge on any atom is -0.377 e. The lowest BCUT2D eigenvalue weighted by Gasteiger charge is -2.18. The molecule has 6 heteroatoms. The van der Waals surface area contributed by atoms with Crippen LogP contribution in [0.4, 0.5) is 11.4 Å². The second-order valence-electron chi connectivity index (χ2n) is 5.48. The Morgan fingerprint density at radius 3 is 2.52 bits per heavy atom. The Labute approximate surface area is 129 Å². The van der Waals surface area contributed by atoms with Crippen LogP contribution >= 0.6 is 11.6 Å². The summed E-state index contributed by atoms with van der Waals surface area (Å²) < 4.78 is 0. The van der Waals surface area contributed by atoms with Gasteiger partial charge >= 0.3 is 0 Å². The summed E-state index contributed by atoms with van der Waals surface area (Å²) in [4.78, 5) is 25.8. The summed E-state index contributed by atoms with van der Waals surface area (Å²) in [6.07, 6.45) is 2.06. The Bertz CT molecular complexity index is 554. The normalized spacial score (nSPS) is 15.2. The molecule has 0 radical (unpaired) electrons. The number of amides is 2. The molecule has 1 unspecified atom stereocenters. The summed E-state index contributed by atoms with van der Waals surface area (Å²) in [5.74, 6) is -0.404. The Morgan fingerprint density at radius 2 is 2.00 bits per heavy atom. The lowest BCUT2D eigenvalue weighted by molar-refractivity contribution is -0.115. The zero-order chi connectivity index (χ0) is 15.6. The molecule has 0 spiro atoms. The predicted molar refractivity (Wildman–Crippen MR) is 85.2 cm³/mol. The van der Waals surface area contributed by atoms with Gasteiger partial charge in [0.2, 0.25) is 5.91 Å². The third-order valence-corrected chi connectivity index (χ3v) is 3.46. The number of carbonyl (C=O) groups is 2. The largest absolute Gasteiger partial charge is 0.377 e. The van der Waals surface area contributed by atoms with E-state index in [9.17, 15) is 9.59 Å². The van der Waals surface area contributed by atoms with Crippen LogP contribution in [0, 0.1) is 0 Å². The van der Waals surface area contributed by atoms with E-state index in [4.69, 9.17) is 11.6 Å². The van der Waals surface area contributed by atoms with Gasteiger partial charge in [0, 0.05) is 31.5 Å². The molecular weight excluding hydrogens is 290 g/mol. The quantitative estimate of drug-likeness (QED) is 0.820. The molecule has 0 saturated heterocycles. The summed E-state index contributed by atoms with van der Waals surface area (Å²) in [7, 11) is 3.75. The van der Waals surface area contributed by atoms with E-state index in [0.717, 1.165) is 18.5 Å². The average molecular weight is 310 g/mol. The zero-order valence-electron chi connectivity index (χ0n) is 12.4. The smallest absolute Gasteiger partial charge is 0.253 e. The first kappa shape index (κ1) is 15.6. The summed E-state index contributed by atoms with van der Waals surface area (Å²) in [5.41, 5.74) is 1.93. The van der Waals surface area contributed by atoms with Gasteiger partial charge in [0.05, 0.1) is 5.56 Å². The monoisotopic (exact) mass is 309 g/mol. The topological polar surface area (TPSA) is 61.4 Å². The maximum absolute atomic E-state index is 12.3. The van der Waals surface area contributed by atoms with Gasteiger partial charge in [-0.1, -0.05) is 0 Å². The van der Waals surface area contributed by atoms with Crippen molar-refractivity contribution >= 4 is 34.8 Å². The van der Waals surface area contributed by atoms with E-state index < -0.39 is 5.38 Å². The van der Waals surface area contributed by atoms with Crippen LogP contribution in [0.1, 0.15) is 30.1 Å². The van der Waals surface area contributed by atoms with E-state index in [2.05, 4.69) is 10.6 Å². The summed E-state index contributed by atoms with van der Waals surface area (Å²) in [5, 5.41) is 5.04. The first-order valence-corrected chi connectivity index (χ1v) is 7.39. The number of carbonyl (C=O) groups excluding carboxylic acids is 2. The third kappa shape index (κ3) is 4.11. The first-order chi connectivity index (χ1) is 9.88. The lowest BCUT2D eigenvalue weighted by Crippen LogP contribution is -2.28. The number of nitrogens with one attached hydrogen (secondary N) is 2. The highest BCUT2D eigenvalue weighted by atomic mass is 35.5. The van der Waals surface area contributed by atoms with E-state index >= 15 is 0 Å². The van der Waals surface area contributed by atoms with Crippen LogP contribution in [-0.2, 0) is 4.79 Å². The first-order valence-electron chi connectivity index (χ1n) is 6.95. The molecule has 0 heterocycles. The fourth-order valence-electron chi connectivity index (χ4n) is 1.92. The van der Waals surface area contributed by atoms with Crippen molar-refractivity contribution in [1.29, 1.82) is 0 Å². The van der Waals surface area contributed by atoms with Crippen molar-refractivity contribution in [2.75, 3.05) is 24.3 Å². The summed E-state index contributed by atoms with van der Waals surface area (Å²) in [6.45, 7) is 1.60. The van der Waals surface area contributed by atoms with Crippen molar-refractivity contribution in [3.63, 3.8) is 0 Å². The Kier molecular flexibility index (Phi) is 4.73. The van der Waals surface area contributed by atoms with Crippen molar-refractivity contribution < 1.29 is 9.59 Å². The molecule has 1 atom stereocenters. The van der Waals surface area contributed by atoms with E-state index in [-0.39, 0.29) is 17.9 Å². The standard InChI is InChI=1S/C15H20ClN3O2/c1-9(16)14(20)18-11-6-7-13(19(2)3)12(8-11)15(21)17-10-4-5-10/h6-10H,4-5H2,1-3H3,(H,17,21)(H,18,20). The Morgan fingerprint density at radius 1 is 1.33 bits per heavy atom. The highest BCUT2D eigenvalue weighted by Gasteiger charge is 2.25. The third-order valence-electron chi connectivity index (χ3n) is 3.26. The van der Waals surface area contributed by atoms with Crippen LogP contribution < -0.4 is 15.5 Å². The molecule has 1 aliphatic carbocycles. The molecule has 21 heavy (non-hydrogen) atoms. The number of rotatable bonds is 5. The maximum Gasteiger partial charge on any atom is 0.253 e. The van der Waals surface area contributed by atoms with Crippen LogP contribution in [-0.4, -0.2) is 37.3 Å². The van der Waals surface area contributed by atoms with Gasteiger partial charge in [0.25, 0.3) is 5.91 Å². The molecule has 2 amide bonds. The highest BCUT2D eigenvalue weighted by Crippen LogP contribution is 2.25. The van der Waals surface area contributed by atoms with Gasteiger partial charge in [-0.15, -0.1) is 11.6 Å². The number of alkyl halides is 1. The number of hydrogen-bond donors (Lipinski definition) is 2. The molecule has 114 valence electrons. The van der Waals surface area contributed by atoms with Crippen molar-refractivity contribution in [2.24, 2.45) is 0 Å². The minimum absolute atomic E-state index is 0.115. The van der Waals surface area contributed by atoms with Crippen molar-refractivity contribution in [1.82, 2.24) is 5.32 Å². The fourth-order valence-corrected chi connectivity index (χ4v) is 1.97. The van der Waals surface area contributed by atoms with Crippen LogP contribution in [0.5, 0.6) is 0 Å². The van der Waals surface area contributed by atoms with Gasteiger partial charge in [0.15, 0.2) is 0 Å². The maximum atomic E-state index is 12.3. The zero-order valence-corrected chi connectivity index (χ0v) is 13.2. The van der Waals surface area contributed by atoms with Crippen LogP contribution in [0.15, 0.2) is 18.2 Å². The van der Waals surface area contributed by atoms with Gasteiger partial charge in [0.1, 0.15) is 5.38 Å². The van der Waals surface area contributed by atoms with E-state index in [1.165, 1.54) is 0 Å². The number of anilines is 2. The number of hydrogen-bond acceptors (Lipinski definition) is 3. The molecule has 0 aliphatic heterocycles. The molecule has 1 aliphatic rings. The van der Waals surface area contributed by atoms with Gasteiger partial charge in [-0.05, 0) is 38.0 Å². The fraction of sp³-hybridized carbons (Fsp3) is 0.467. The number of nitrogens with zero attached hydrogens (tertiary/aromatic N) is 1. The lowest BCUT2D eigenvalue weighted by atomic mass is 10.1.